The smallest absolute Gasteiger partial charge is 0.239 e. The molecule has 2 rings (SSSR count). The van der Waals surface area contributed by atoms with Gasteiger partial charge in [-0.25, -0.2) is 0 Å². The van der Waals surface area contributed by atoms with Gasteiger partial charge in [-0.2, -0.15) is 0 Å². The van der Waals surface area contributed by atoms with Crippen LogP contribution in [-0.4, -0.2) is 49.7 Å². The molecule has 0 radical (unpaired) electrons. The van der Waals surface area contributed by atoms with Crippen LogP contribution in [0.2, 0.25) is 0 Å². The highest BCUT2D eigenvalue weighted by atomic mass is 16.5. The molecule has 21 heavy (non-hydrogen) atoms. The fourth-order valence-electron chi connectivity index (χ4n) is 2.39. The molecule has 1 unspecified atom stereocenters. The number of carbonyl (C=O) groups excluding carboxylic acids is 1. The predicted octanol–water partition coefficient (Wildman–Crippen LogP) is 1.67. The van der Waals surface area contributed by atoms with Gasteiger partial charge in [-0.05, 0) is 38.9 Å². The van der Waals surface area contributed by atoms with Crippen LogP contribution in [0.3, 0.4) is 0 Å². The molecule has 1 N–H and O–H groups in total. The molecule has 0 saturated carbocycles. The average Bonchev–Trinajstić information content (AvgIpc) is 2.65. The van der Waals surface area contributed by atoms with Crippen LogP contribution in [0, 0.1) is 0 Å². The van der Waals surface area contributed by atoms with Crippen LogP contribution in [0.15, 0.2) is 24.3 Å². The highest BCUT2D eigenvalue weighted by Crippen LogP contribution is 2.26. The zero-order chi connectivity index (χ0) is 15.1. The highest BCUT2D eigenvalue weighted by Gasteiger charge is 2.22. The van der Waals surface area contributed by atoms with Gasteiger partial charge in [0.1, 0.15) is 6.61 Å². The largest absolute Gasteiger partial charge is 0.490 e. The van der Waals surface area contributed by atoms with Crippen molar-refractivity contribution in [1.29, 1.82) is 0 Å². The summed E-state index contributed by atoms with van der Waals surface area (Å²) in [6.45, 7) is 7.21. The summed E-state index contributed by atoms with van der Waals surface area (Å²) in [6, 6.07) is 7.51. The van der Waals surface area contributed by atoms with Crippen molar-refractivity contribution in [3.05, 3.63) is 24.3 Å². The monoisotopic (exact) mass is 292 g/mol. The SMILES string of the molecule is CCOc1ccccc1OCCN1CCCNC(C)C1=O. The molecular weight excluding hydrogens is 268 g/mol. The molecule has 0 bridgehead atoms. The third-order valence-corrected chi connectivity index (χ3v) is 3.51. The van der Waals surface area contributed by atoms with E-state index in [9.17, 15) is 4.79 Å². The number of amides is 1. The average molecular weight is 292 g/mol. The number of hydrogen-bond donors (Lipinski definition) is 1. The minimum absolute atomic E-state index is 0.108. The third kappa shape index (κ3) is 4.36. The summed E-state index contributed by atoms with van der Waals surface area (Å²) in [5.74, 6) is 1.62. The van der Waals surface area contributed by atoms with Gasteiger partial charge in [0.05, 0.1) is 19.2 Å². The Balaban J connectivity index is 1.87. The maximum absolute atomic E-state index is 12.1. The lowest BCUT2D eigenvalue weighted by molar-refractivity contribution is -0.132. The standard InChI is InChI=1S/C16H24N2O3/c1-3-20-14-7-4-5-8-15(14)21-12-11-18-10-6-9-17-13(2)16(18)19/h4-5,7-8,13,17H,3,6,9-12H2,1-2H3. The molecule has 5 nitrogen and oxygen atoms in total. The molecule has 1 atom stereocenters. The van der Waals surface area contributed by atoms with Gasteiger partial charge in [0.15, 0.2) is 11.5 Å². The van der Waals surface area contributed by atoms with Crippen molar-refractivity contribution < 1.29 is 14.3 Å². The Morgan fingerprint density at radius 1 is 1.29 bits per heavy atom. The highest BCUT2D eigenvalue weighted by molar-refractivity contribution is 5.81. The molecule has 1 aromatic carbocycles. The van der Waals surface area contributed by atoms with Crippen molar-refractivity contribution in [1.82, 2.24) is 10.2 Å². The number of ether oxygens (including phenoxy) is 2. The molecule has 0 spiro atoms. The molecule has 1 amide bonds. The van der Waals surface area contributed by atoms with Gasteiger partial charge in [-0.3, -0.25) is 4.79 Å². The molecule has 1 fully saturated rings. The zero-order valence-corrected chi connectivity index (χ0v) is 12.8. The van der Waals surface area contributed by atoms with Crippen LogP contribution in [0.4, 0.5) is 0 Å². The van der Waals surface area contributed by atoms with Crippen LogP contribution in [0.5, 0.6) is 11.5 Å². The first-order valence-electron chi connectivity index (χ1n) is 7.59. The normalized spacial score (nSPS) is 19.2. The van der Waals surface area contributed by atoms with Gasteiger partial charge < -0.3 is 19.7 Å². The molecule has 1 saturated heterocycles. The van der Waals surface area contributed by atoms with E-state index in [4.69, 9.17) is 9.47 Å². The van der Waals surface area contributed by atoms with Crippen molar-refractivity contribution in [2.45, 2.75) is 26.3 Å². The van der Waals surface area contributed by atoms with E-state index in [1.807, 2.05) is 43.0 Å². The third-order valence-electron chi connectivity index (χ3n) is 3.51. The molecule has 0 aromatic heterocycles. The van der Waals surface area contributed by atoms with Crippen LogP contribution in [0.25, 0.3) is 0 Å². The van der Waals surface area contributed by atoms with E-state index in [1.54, 1.807) is 0 Å². The Labute approximate surface area is 126 Å². The van der Waals surface area contributed by atoms with Crippen LogP contribution in [-0.2, 0) is 4.79 Å². The lowest BCUT2D eigenvalue weighted by atomic mass is 10.3. The van der Waals surface area contributed by atoms with E-state index in [-0.39, 0.29) is 11.9 Å². The molecule has 116 valence electrons. The Kier molecular flexibility index (Phi) is 5.87. The van der Waals surface area contributed by atoms with Gasteiger partial charge in [0.25, 0.3) is 0 Å². The Hall–Kier alpha value is -1.75. The van der Waals surface area contributed by atoms with Crippen molar-refractivity contribution >= 4 is 5.91 Å². The fraction of sp³-hybridized carbons (Fsp3) is 0.562. The van der Waals surface area contributed by atoms with Crippen molar-refractivity contribution in [2.24, 2.45) is 0 Å². The van der Waals surface area contributed by atoms with Gasteiger partial charge in [-0.15, -0.1) is 0 Å². The Morgan fingerprint density at radius 2 is 2.00 bits per heavy atom. The first-order chi connectivity index (χ1) is 10.2. The number of para-hydroxylation sites is 2. The van der Waals surface area contributed by atoms with Gasteiger partial charge >= 0.3 is 0 Å². The molecule has 5 heteroatoms. The lowest BCUT2D eigenvalue weighted by Crippen LogP contribution is -2.43. The van der Waals surface area contributed by atoms with E-state index in [2.05, 4.69) is 5.32 Å². The minimum atomic E-state index is -0.108. The number of nitrogens with zero attached hydrogens (tertiary/aromatic N) is 1. The second kappa shape index (κ2) is 7.88. The second-order valence-corrected chi connectivity index (χ2v) is 5.08. The summed E-state index contributed by atoms with van der Waals surface area (Å²) in [6.07, 6.45) is 0.978. The van der Waals surface area contributed by atoms with Gasteiger partial charge in [-0.1, -0.05) is 12.1 Å². The topological polar surface area (TPSA) is 50.8 Å². The van der Waals surface area contributed by atoms with E-state index < -0.39 is 0 Å². The Bertz CT molecular complexity index is 465. The summed E-state index contributed by atoms with van der Waals surface area (Å²) in [5.41, 5.74) is 0. The Morgan fingerprint density at radius 3 is 2.71 bits per heavy atom. The van der Waals surface area contributed by atoms with Gasteiger partial charge in [0, 0.05) is 6.54 Å². The van der Waals surface area contributed by atoms with E-state index in [1.165, 1.54) is 0 Å². The van der Waals surface area contributed by atoms with Crippen LogP contribution in [0.1, 0.15) is 20.3 Å². The molecule has 1 aromatic rings. The molecule has 0 aliphatic carbocycles. The number of benzene rings is 1. The fourth-order valence-corrected chi connectivity index (χ4v) is 2.39. The first-order valence-corrected chi connectivity index (χ1v) is 7.59. The quantitative estimate of drug-likeness (QED) is 0.866. The summed E-state index contributed by atoms with van der Waals surface area (Å²) in [4.78, 5) is 14.0. The van der Waals surface area contributed by atoms with E-state index in [0.29, 0.717) is 19.8 Å². The summed E-state index contributed by atoms with van der Waals surface area (Å²) in [5, 5.41) is 3.21. The van der Waals surface area contributed by atoms with Crippen molar-refractivity contribution in [3.63, 3.8) is 0 Å². The van der Waals surface area contributed by atoms with E-state index in [0.717, 1.165) is 31.0 Å². The molecule has 1 aliphatic heterocycles. The molecule has 1 heterocycles. The minimum Gasteiger partial charge on any atom is -0.490 e. The lowest BCUT2D eigenvalue weighted by Gasteiger charge is -2.22. The number of nitrogens with one attached hydrogen (secondary N) is 1. The van der Waals surface area contributed by atoms with E-state index >= 15 is 0 Å². The number of rotatable bonds is 6. The van der Waals surface area contributed by atoms with Crippen molar-refractivity contribution in [2.75, 3.05) is 32.8 Å². The number of hydrogen-bond acceptors (Lipinski definition) is 4. The summed E-state index contributed by atoms with van der Waals surface area (Å²) in [7, 11) is 0. The first kappa shape index (κ1) is 15.6. The molecular formula is C16H24N2O3. The summed E-state index contributed by atoms with van der Waals surface area (Å²) >= 11 is 0. The predicted molar refractivity (Wildman–Crippen MR) is 81.8 cm³/mol. The summed E-state index contributed by atoms with van der Waals surface area (Å²) < 4.78 is 11.3. The second-order valence-electron chi connectivity index (χ2n) is 5.08. The van der Waals surface area contributed by atoms with Gasteiger partial charge in [0.2, 0.25) is 5.91 Å². The van der Waals surface area contributed by atoms with Crippen LogP contribution < -0.4 is 14.8 Å². The van der Waals surface area contributed by atoms with Crippen LogP contribution >= 0.6 is 0 Å². The maximum atomic E-state index is 12.1. The maximum Gasteiger partial charge on any atom is 0.239 e. The van der Waals surface area contributed by atoms with Crippen molar-refractivity contribution in [3.8, 4) is 11.5 Å². The number of carbonyl (C=O) groups is 1. The zero-order valence-electron chi connectivity index (χ0n) is 12.8. The molecule has 1 aliphatic rings.